The summed E-state index contributed by atoms with van der Waals surface area (Å²) in [7, 11) is 0. The SMILES string of the molecule is O=C(N[C@@H](CCCCN(Cc1ccccc1)C(=O)O)C(=O)c1nc2ccccc2s1)C1CCCC1. The van der Waals surface area contributed by atoms with Gasteiger partial charge < -0.3 is 15.3 Å². The van der Waals surface area contributed by atoms with Crippen molar-refractivity contribution in [2.45, 2.75) is 57.5 Å². The monoisotopic (exact) mass is 493 g/mol. The Bertz CT molecular complexity index is 1120. The molecule has 1 aromatic heterocycles. The fourth-order valence-corrected chi connectivity index (χ4v) is 5.53. The average Bonchev–Trinajstić information content (AvgIpc) is 3.55. The summed E-state index contributed by atoms with van der Waals surface area (Å²) in [5, 5.41) is 13.0. The van der Waals surface area contributed by atoms with Crippen LogP contribution in [0, 0.1) is 5.92 Å². The maximum absolute atomic E-state index is 13.4. The fourth-order valence-electron chi connectivity index (χ4n) is 4.57. The lowest BCUT2D eigenvalue weighted by atomic mass is 10.0. The second-order valence-electron chi connectivity index (χ2n) is 9.08. The van der Waals surface area contributed by atoms with Crippen LogP contribution in [0.4, 0.5) is 4.79 Å². The number of fused-ring (bicyclic) bond motifs is 1. The molecule has 2 amide bonds. The minimum absolute atomic E-state index is 0.0333. The lowest BCUT2D eigenvalue weighted by Crippen LogP contribution is -2.43. The van der Waals surface area contributed by atoms with Crippen molar-refractivity contribution in [2.24, 2.45) is 5.92 Å². The van der Waals surface area contributed by atoms with Gasteiger partial charge in [0.2, 0.25) is 11.7 Å². The van der Waals surface area contributed by atoms with E-state index in [9.17, 15) is 19.5 Å². The highest BCUT2D eigenvalue weighted by Crippen LogP contribution is 2.26. The zero-order valence-electron chi connectivity index (χ0n) is 19.7. The van der Waals surface area contributed by atoms with Gasteiger partial charge in [-0.25, -0.2) is 9.78 Å². The molecule has 1 heterocycles. The average molecular weight is 494 g/mol. The van der Waals surface area contributed by atoms with E-state index in [1.807, 2.05) is 54.6 Å². The van der Waals surface area contributed by atoms with E-state index >= 15 is 0 Å². The molecule has 0 spiro atoms. The van der Waals surface area contributed by atoms with Crippen LogP contribution < -0.4 is 5.32 Å². The molecule has 3 aromatic rings. The Kier molecular flexibility index (Phi) is 8.47. The van der Waals surface area contributed by atoms with Gasteiger partial charge in [-0.15, -0.1) is 11.3 Å². The molecule has 0 radical (unpaired) electrons. The summed E-state index contributed by atoms with van der Waals surface area (Å²) >= 11 is 1.34. The van der Waals surface area contributed by atoms with Crippen LogP contribution >= 0.6 is 11.3 Å². The number of nitrogens with zero attached hydrogens (tertiary/aromatic N) is 2. The van der Waals surface area contributed by atoms with Gasteiger partial charge in [-0.05, 0) is 49.8 Å². The molecule has 7 nitrogen and oxygen atoms in total. The number of thiazole rings is 1. The van der Waals surface area contributed by atoms with E-state index < -0.39 is 12.1 Å². The number of hydrogen-bond donors (Lipinski definition) is 2. The molecule has 0 saturated heterocycles. The van der Waals surface area contributed by atoms with Crippen LogP contribution in [-0.2, 0) is 11.3 Å². The first-order valence-corrected chi connectivity index (χ1v) is 13.0. The molecule has 0 aliphatic heterocycles. The van der Waals surface area contributed by atoms with Crippen LogP contribution in [0.3, 0.4) is 0 Å². The van der Waals surface area contributed by atoms with Crippen LogP contribution in [0.2, 0.25) is 0 Å². The first-order valence-electron chi connectivity index (χ1n) is 12.2. The molecule has 2 aromatic carbocycles. The number of aromatic nitrogens is 1. The highest BCUT2D eigenvalue weighted by Gasteiger charge is 2.29. The third-order valence-corrected chi connectivity index (χ3v) is 7.57. The topological polar surface area (TPSA) is 99.6 Å². The van der Waals surface area contributed by atoms with Gasteiger partial charge in [0.05, 0.1) is 16.3 Å². The largest absolute Gasteiger partial charge is 0.465 e. The smallest absolute Gasteiger partial charge is 0.407 e. The number of Topliss-reactive ketones (excluding diaryl/α,β-unsaturated/α-hetero) is 1. The van der Waals surface area contributed by atoms with Crippen molar-refractivity contribution in [3.63, 3.8) is 0 Å². The number of carbonyl (C=O) groups excluding carboxylic acids is 2. The second kappa shape index (κ2) is 11.9. The molecule has 0 unspecified atom stereocenters. The number of unbranched alkanes of at least 4 members (excludes halogenated alkanes) is 1. The maximum atomic E-state index is 13.4. The molecule has 1 fully saturated rings. The first-order chi connectivity index (χ1) is 17.0. The van der Waals surface area contributed by atoms with E-state index in [2.05, 4.69) is 10.3 Å². The summed E-state index contributed by atoms with van der Waals surface area (Å²) in [5.74, 6) is -0.260. The standard InChI is InChI=1S/C27H31N3O4S/c31-24(26-29-21-14-6-7-16-23(21)35-26)22(28-25(32)20-12-4-5-13-20)15-8-9-17-30(27(33)34)18-19-10-2-1-3-11-19/h1-3,6-7,10-11,14,16,20,22H,4-5,8-9,12-13,15,17-18H2,(H,28,32)(H,33,34)/t22-/m0/s1. The van der Waals surface area contributed by atoms with Gasteiger partial charge in [0.15, 0.2) is 5.01 Å². The van der Waals surface area contributed by atoms with Crippen LogP contribution in [-0.4, -0.2) is 45.4 Å². The zero-order valence-corrected chi connectivity index (χ0v) is 20.5. The number of hydrogen-bond acceptors (Lipinski definition) is 5. The number of amides is 2. The quantitative estimate of drug-likeness (QED) is 0.271. The van der Waals surface area contributed by atoms with Crippen molar-refractivity contribution in [1.82, 2.24) is 15.2 Å². The van der Waals surface area contributed by atoms with Crippen molar-refractivity contribution in [2.75, 3.05) is 6.54 Å². The van der Waals surface area contributed by atoms with E-state index in [1.54, 1.807) is 0 Å². The molecular weight excluding hydrogens is 462 g/mol. The summed E-state index contributed by atoms with van der Waals surface area (Å²) in [6, 6.07) is 16.4. The zero-order chi connectivity index (χ0) is 24.6. The van der Waals surface area contributed by atoms with E-state index in [1.165, 1.54) is 16.2 Å². The van der Waals surface area contributed by atoms with Gasteiger partial charge in [-0.3, -0.25) is 9.59 Å². The summed E-state index contributed by atoms with van der Waals surface area (Å²) in [6.45, 7) is 0.686. The molecule has 2 N–H and O–H groups in total. The van der Waals surface area contributed by atoms with Gasteiger partial charge in [-0.1, -0.05) is 55.3 Å². The molecule has 1 saturated carbocycles. The van der Waals surface area contributed by atoms with Gasteiger partial charge >= 0.3 is 6.09 Å². The van der Waals surface area contributed by atoms with E-state index in [0.29, 0.717) is 37.4 Å². The Morgan fingerprint density at radius 2 is 1.74 bits per heavy atom. The summed E-state index contributed by atoms with van der Waals surface area (Å²) < 4.78 is 0.940. The molecule has 4 rings (SSSR count). The third-order valence-electron chi connectivity index (χ3n) is 6.52. The number of rotatable bonds is 11. The normalized spacial score (nSPS) is 14.6. The summed E-state index contributed by atoms with van der Waals surface area (Å²) in [4.78, 5) is 43.8. The second-order valence-corrected chi connectivity index (χ2v) is 10.1. The van der Waals surface area contributed by atoms with Crippen molar-refractivity contribution < 1.29 is 19.5 Å². The Hall–Kier alpha value is -3.26. The Morgan fingerprint density at radius 1 is 1.03 bits per heavy atom. The molecule has 8 heteroatoms. The van der Waals surface area contributed by atoms with Gasteiger partial charge in [0.25, 0.3) is 0 Å². The maximum Gasteiger partial charge on any atom is 0.407 e. The van der Waals surface area contributed by atoms with Crippen LogP contribution in [0.5, 0.6) is 0 Å². The molecule has 1 aliphatic carbocycles. The number of ketones is 1. The highest BCUT2D eigenvalue weighted by atomic mass is 32.1. The number of carboxylic acid groups (broad SMARTS) is 1. The lowest BCUT2D eigenvalue weighted by Gasteiger charge is -2.21. The van der Waals surface area contributed by atoms with Gasteiger partial charge in [0.1, 0.15) is 0 Å². The van der Waals surface area contributed by atoms with Crippen molar-refractivity contribution >= 4 is 39.3 Å². The van der Waals surface area contributed by atoms with E-state index in [-0.39, 0.29) is 17.6 Å². The molecule has 0 bridgehead atoms. The van der Waals surface area contributed by atoms with Crippen LogP contribution in [0.15, 0.2) is 54.6 Å². The third kappa shape index (κ3) is 6.66. The number of nitrogens with one attached hydrogen (secondary N) is 1. The van der Waals surface area contributed by atoms with Crippen molar-refractivity contribution in [3.8, 4) is 0 Å². The Labute approximate surface area is 209 Å². The van der Waals surface area contributed by atoms with Crippen LogP contribution in [0.1, 0.15) is 60.3 Å². The minimum atomic E-state index is -0.967. The molecule has 184 valence electrons. The van der Waals surface area contributed by atoms with Gasteiger partial charge in [0, 0.05) is 19.0 Å². The number of para-hydroxylation sites is 1. The summed E-state index contributed by atoms with van der Waals surface area (Å²) in [6.07, 6.45) is 4.51. The van der Waals surface area contributed by atoms with Gasteiger partial charge in [-0.2, -0.15) is 0 Å². The molecule has 35 heavy (non-hydrogen) atoms. The Morgan fingerprint density at radius 3 is 2.46 bits per heavy atom. The van der Waals surface area contributed by atoms with E-state index in [0.717, 1.165) is 41.5 Å². The molecule has 1 aliphatic rings. The predicted molar refractivity (Wildman–Crippen MR) is 137 cm³/mol. The number of carbonyl (C=O) groups is 3. The molecular formula is C27H31N3O4S. The van der Waals surface area contributed by atoms with Crippen LogP contribution in [0.25, 0.3) is 10.2 Å². The highest BCUT2D eigenvalue weighted by molar-refractivity contribution is 7.20. The number of benzene rings is 2. The minimum Gasteiger partial charge on any atom is -0.465 e. The predicted octanol–water partition coefficient (Wildman–Crippen LogP) is 5.50. The van der Waals surface area contributed by atoms with Crippen molar-refractivity contribution in [1.29, 1.82) is 0 Å². The lowest BCUT2D eigenvalue weighted by molar-refractivity contribution is -0.125. The Balaban J connectivity index is 1.39. The first kappa shape index (κ1) is 24.9. The van der Waals surface area contributed by atoms with Crippen molar-refractivity contribution in [3.05, 3.63) is 65.2 Å². The molecule has 1 atom stereocenters. The van der Waals surface area contributed by atoms with E-state index in [4.69, 9.17) is 0 Å². The summed E-state index contributed by atoms with van der Waals surface area (Å²) in [5.41, 5.74) is 1.71. The fraction of sp³-hybridized carbons (Fsp3) is 0.407.